The summed E-state index contributed by atoms with van der Waals surface area (Å²) in [6, 6.07) is 5.59. The first-order valence-corrected chi connectivity index (χ1v) is 7.45. The van der Waals surface area contributed by atoms with Crippen LogP contribution in [0.2, 0.25) is 5.02 Å². The third kappa shape index (κ3) is 4.37. The highest BCUT2D eigenvalue weighted by atomic mass is 35.5. The molecule has 0 aliphatic carbocycles. The number of halogens is 1. The molecule has 3 nitrogen and oxygen atoms in total. The van der Waals surface area contributed by atoms with E-state index in [0.717, 1.165) is 30.9 Å². The first kappa shape index (κ1) is 14.6. The van der Waals surface area contributed by atoms with Gasteiger partial charge in [0.15, 0.2) is 0 Å². The van der Waals surface area contributed by atoms with Gasteiger partial charge in [0.25, 0.3) is 0 Å². The number of nitrogens with zero attached hydrogens (tertiary/aromatic N) is 1. The number of nitrogens with two attached hydrogens (primary N) is 1. The van der Waals surface area contributed by atoms with Crippen LogP contribution < -0.4 is 10.5 Å². The second kappa shape index (κ2) is 7.13. The van der Waals surface area contributed by atoms with Crippen molar-refractivity contribution in [2.24, 2.45) is 5.73 Å². The summed E-state index contributed by atoms with van der Waals surface area (Å²) in [5.74, 6) is 0.862. The number of benzene rings is 1. The van der Waals surface area contributed by atoms with Crippen molar-refractivity contribution in [3.63, 3.8) is 0 Å². The maximum atomic E-state index is 5.99. The van der Waals surface area contributed by atoms with Crippen LogP contribution in [0.25, 0.3) is 0 Å². The van der Waals surface area contributed by atoms with Crippen molar-refractivity contribution in [1.29, 1.82) is 0 Å². The number of ether oxygens (including phenoxy) is 1. The number of rotatable bonds is 6. The molecule has 1 fully saturated rings. The van der Waals surface area contributed by atoms with Crippen molar-refractivity contribution in [1.82, 2.24) is 4.90 Å². The van der Waals surface area contributed by atoms with Crippen LogP contribution in [0, 0.1) is 0 Å². The summed E-state index contributed by atoms with van der Waals surface area (Å²) < 4.78 is 5.85. The van der Waals surface area contributed by atoms with Gasteiger partial charge in [0.05, 0.1) is 6.61 Å². The summed E-state index contributed by atoms with van der Waals surface area (Å²) in [5, 5.41) is 0.705. The van der Waals surface area contributed by atoms with Crippen LogP contribution in [0.3, 0.4) is 0 Å². The fourth-order valence-corrected chi connectivity index (χ4v) is 2.66. The lowest BCUT2D eigenvalue weighted by Crippen LogP contribution is -2.22. The molecule has 106 valence electrons. The first-order valence-electron chi connectivity index (χ1n) is 7.07. The van der Waals surface area contributed by atoms with Crippen LogP contribution in [-0.2, 0) is 0 Å². The van der Waals surface area contributed by atoms with Crippen LogP contribution >= 0.6 is 11.6 Å². The molecule has 1 aliphatic rings. The summed E-state index contributed by atoms with van der Waals surface area (Å²) in [4.78, 5) is 2.50. The predicted molar refractivity (Wildman–Crippen MR) is 79.8 cm³/mol. The van der Waals surface area contributed by atoms with Gasteiger partial charge in [-0.25, -0.2) is 0 Å². The molecule has 1 aliphatic heterocycles. The molecule has 0 spiro atoms. The SMILES string of the molecule is CC(N)c1cc(Cl)ccc1OCCCN1CCCC1. The van der Waals surface area contributed by atoms with Gasteiger partial charge in [0, 0.05) is 23.2 Å². The minimum absolute atomic E-state index is 0.0627. The number of hydrogen-bond acceptors (Lipinski definition) is 3. The van der Waals surface area contributed by atoms with Crippen LogP contribution in [0.4, 0.5) is 0 Å². The summed E-state index contributed by atoms with van der Waals surface area (Å²) in [7, 11) is 0. The lowest BCUT2D eigenvalue weighted by molar-refractivity contribution is 0.261. The molecule has 1 heterocycles. The molecule has 0 bridgehead atoms. The Morgan fingerprint density at radius 1 is 1.37 bits per heavy atom. The quantitative estimate of drug-likeness (QED) is 0.814. The number of hydrogen-bond donors (Lipinski definition) is 1. The van der Waals surface area contributed by atoms with Gasteiger partial charge >= 0.3 is 0 Å². The van der Waals surface area contributed by atoms with Gasteiger partial charge in [-0.2, -0.15) is 0 Å². The molecular formula is C15H23ClN2O. The predicted octanol–water partition coefficient (Wildman–Crippen LogP) is 3.22. The van der Waals surface area contributed by atoms with Crippen molar-refractivity contribution in [2.75, 3.05) is 26.2 Å². The van der Waals surface area contributed by atoms with E-state index in [1.165, 1.54) is 25.9 Å². The Balaban J connectivity index is 1.81. The van der Waals surface area contributed by atoms with E-state index in [-0.39, 0.29) is 6.04 Å². The second-order valence-corrected chi connectivity index (χ2v) is 5.66. The van der Waals surface area contributed by atoms with Gasteiger partial charge in [0.2, 0.25) is 0 Å². The third-order valence-corrected chi connectivity index (χ3v) is 3.77. The average molecular weight is 283 g/mol. The summed E-state index contributed by atoms with van der Waals surface area (Å²) >= 11 is 5.99. The zero-order chi connectivity index (χ0) is 13.7. The zero-order valence-electron chi connectivity index (χ0n) is 11.6. The van der Waals surface area contributed by atoms with Crippen LogP contribution in [0.1, 0.15) is 37.8 Å². The maximum Gasteiger partial charge on any atom is 0.124 e. The van der Waals surface area contributed by atoms with Gasteiger partial charge in [-0.3, -0.25) is 0 Å². The van der Waals surface area contributed by atoms with Crippen molar-refractivity contribution in [2.45, 2.75) is 32.2 Å². The fourth-order valence-electron chi connectivity index (χ4n) is 2.48. The second-order valence-electron chi connectivity index (χ2n) is 5.22. The van der Waals surface area contributed by atoms with Crippen molar-refractivity contribution in [3.05, 3.63) is 28.8 Å². The van der Waals surface area contributed by atoms with Crippen LogP contribution in [0.15, 0.2) is 18.2 Å². The molecule has 1 aromatic rings. The van der Waals surface area contributed by atoms with E-state index in [9.17, 15) is 0 Å². The summed E-state index contributed by atoms with van der Waals surface area (Å²) in [6.45, 7) is 6.29. The Bertz CT molecular complexity index is 403. The van der Waals surface area contributed by atoms with Gasteiger partial charge in [-0.1, -0.05) is 11.6 Å². The third-order valence-electron chi connectivity index (χ3n) is 3.54. The molecule has 1 atom stereocenters. The number of likely N-dealkylation sites (tertiary alicyclic amines) is 1. The van der Waals surface area contributed by atoms with Crippen LogP contribution in [0.5, 0.6) is 5.75 Å². The molecule has 0 radical (unpaired) electrons. The molecule has 0 aromatic heterocycles. The molecule has 2 N–H and O–H groups in total. The highest BCUT2D eigenvalue weighted by molar-refractivity contribution is 6.30. The Kier molecular flexibility index (Phi) is 5.49. The highest BCUT2D eigenvalue weighted by Crippen LogP contribution is 2.27. The molecule has 0 amide bonds. The normalized spacial score (nSPS) is 17.6. The maximum absolute atomic E-state index is 5.99. The monoisotopic (exact) mass is 282 g/mol. The lowest BCUT2D eigenvalue weighted by Gasteiger charge is -2.17. The largest absolute Gasteiger partial charge is 0.493 e. The van der Waals surface area contributed by atoms with Crippen molar-refractivity contribution < 1.29 is 4.74 Å². The Morgan fingerprint density at radius 2 is 2.11 bits per heavy atom. The zero-order valence-corrected chi connectivity index (χ0v) is 12.3. The van der Waals surface area contributed by atoms with E-state index in [0.29, 0.717) is 5.02 Å². The lowest BCUT2D eigenvalue weighted by atomic mass is 10.1. The van der Waals surface area contributed by atoms with Gasteiger partial charge in [0.1, 0.15) is 5.75 Å². The Hall–Kier alpha value is -0.770. The molecule has 19 heavy (non-hydrogen) atoms. The first-order chi connectivity index (χ1) is 9.16. The molecule has 2 rings (SSSR count). The summed E-state index contributed by atoms with van der Waals surface area (Å²) in [6.07, 6.45) is 3.74. The van der Waals surface area contributed by atoms with E-state index >= 15 is 0 Å². The average Bonchev–Trinajstić information content (AvgIpc) is 2.89. The molecular weight excluding hydrogens is 260 g/mol. The van der Waals surface area contributed by atoms with Crippen LogP contribution in [-0.4, -0.2) is 31.1 Å². The molecule has 4 heteroatoms. The van der Waals surface area contributed by atoms with Gasteiger partial charge < -0.3 is 15.4 Å². The standard InChI is InChI=1S/C15H23ClN2O/c1-12(17)14-11-13(16)5-6-15(14)19-10-4-9-18-7-2-3-8-18/h5-6,11-12H,2-4,7-10,17H2,1H3. The Labute approximate surface area is 120 Å². The van der Waals surface area contributed by atoms with E-state index in [1.54, 1.807) is 0 Å². The topological polar surface area (TPSA) is 38.5 Å². The minimum Gasteiger partial charge on any atom is -0.493 e. The minimum atomic E-state index is -0.0627. The van der Waals surface area contributed by atoms with Crippen molar-refractivity contribution >= 4 is 11.6 Å². The van der Waals surface area contributed by atoms with E-state index in [4.69, 9.17) is 22.1 Å². The van der Waals surface area contributed by atoms with E-state index < -0.39 is 0 Å². The Morgan fingerprint density at radius 3 is 2.79 bits per heavy atom. The molecule has 1 unspecified atom stereocenters. The van der Waals surface area contributed by atoms with E-state index in [2.05, 4.69) is 4.90 Å². The van der Waals surface area contributed by atoms with Crippen molar-refractivity contribution in [3.8, 4) is 5.75 Å². The highest BCUT2D eigenvalue weighted by Gasteiger charge is 2.11. The molecule has 1 aromatic carbocycles. The smallest absolute Gasteiger partial charge is 0.124 e. The van der Waals surface area contributed by atoms with Gasteiger partial charge in [-0.05, 0) is 57.5 Å². The molecule has 0 saturated carbocycles. The fraction of sp³-hybridized carbons (Fsp3) is 0.600. The summed E-state index contributed by atoms with van der Waals surface area (Å²) in [5.41, 5.74) is 6.92. The van der Waals surface area contributed by atoms with Gasteiger partial charge in [-0.15, -0.1) is 0 Å². The van der Waals surface area contributed by atoms with E-state index in [1.807, 2.05) is 25.1 Å². The molecule has 1 saturated heterocycles.